The van der Waals surface area contributed by atoms with Gasteiger partial charge in [0.2, 0.25) is 0 Å². The van der Waals surface area contributed by atoms with Gasteiger partial charge in [-0.2, -0.15) is 13.2 Å². The maximum absolute atomic E-state index is 11.9. The Kier molecular flexibility index (Phi) is 5.47. The Balaban J connectivity index is 1.61. The van der Waals surface area contributed by atoms with Crippen LogP contribution >= 0.6 is 0 Å². The molecule has 2 rings (SSSR count). The number of nitrogens with one attached hydrogen (secondary N) is 1. The van der Waals surface area contributed by atoms with Crippen molar-refractivity contribution in [2.24, 2.45) is 0 Å². The molecule has 0 radical (unpaired) electrons. The van der Waals surface area contributed by atoms with Crippen LogP contribution in [0.4, 0.5) is 13.2 Å². The number of hydrogen-bond donors (Lipinski definition) is 1. The number of methoxy groups -OCH3 is 1. The van der Waals surface area contributed by atoms with Crippen molar-refractivity contribution in [2.75, 3.05) is 26.9 Å². The zero-order valence-electron chi connectivity index (χ0n) is 12.0. The van der Waals surface area contributed by atoms with Crippen LogP contribution in [0, 0.1) is 0 Å². The minimum atomic E-state index is -4.24. The van der Waals surface area contributed by atoms with E-state index in [1.807, 2.05) is 18.2 Å². The third-order valence-corrected chi connectivity index (χ3v) is 3.65. The summed E-state index contributed by atoms with van der Waals surface area (Å²) < 4.78 is 45.3. The molecule has 0 heterocycles. The van der Waals surface area contributed by atoms with Crippen LogP contribution in [-0.2, 0) is 4.74 Å². The van der Waals surface area contributed by atoms with Crippen LogP contribution in [0.2, 0.25) is 0 Å². The normalized spacial score (nSPS) is 21.9. The topological polar surface area (TPSA) is 30.5 Å². The molecule has 1 fully saturated rings. The fraction of sp³-hybridized carbons (Fsp3) is 0.600. The first kappa shape index (κ1) is 16.1. The molecule has 21 heavy (non-hydrogen) atoms. The summed E-state index contributed by atoms with van der Waals surface area (Å²) in [6.45, 7) is -0.642. The van der Waals surface area contributed by atoms with E-state index in [4.69, 9.17) is 4.74 Å². The summed E-state index contributed by atoms with van der Waals surface area (Å²) in [4.78, 5) is 0. The summed E-state index contributed by atoms with van der Waals surface area (Å²) in [5.41, 5.74) is 1.25. The van der Waals surface area contributed by atoms with Crippen molar-refractivity contribution >= 4 is 0 Å². The Morgan fingerprint density at radius 1 is 1.29 bits per heavy atom. The Hall–Kier alpha value is -1.27. The van der Waals surface area contributed by atoms with Crippen LogP contribution in [0.5, 0.6) is 5.75 Å². The number of ether oxygens (including phenoxy) is 2. The Labute approximate surface area is 122 Å². The van der Waals surface area contributed by atoms with Crippen molar-refractivity contribution in [3.63, 3.8) is 0 Å². The number of rotatable bonds is 7. The molecule has 1 aliphatic carbocycles. The zero-order valence-corrected chi connectivity index (χ0v) is 12.0. The highest BCUT2D eigenvalue weighted by Crippen LogP contribution is 2.37. The highest BCUT2D eigenvalue weighted by molar-refractivity contribution is 5.32. The average Bonchev–Trinajstić information content (AvgIpc) is 2.39. The van der Waals surface area contributed by atoms with Crippen molar-refractivity contribution < 1.29 is 22.6 Å². The predicted molar refractivity (Wildman–Crippen MR) is 73.6 cm³/mol. The van der Waals surface area contributed by atoms with Gasteiger partial charge in [0, 0.05) is 12.6 Å². The van der Waals surface area contributed by atoms with Gasteiger partial charge in [-0.15, -0.1) is 0 Å². The van der Waals surface area contributed by atoms with Crippen molar-refractivity contribution in [1.29, 1.82) is 0 Å². The number of alkyl halides is 3. The van der Waals surface area contributed by atoms with Crippen LogP contribution in [0.25, 0.3) is 0 Å². The van der Waals surface area contributed by atoms with E-state index in [0.717, 1.165) is 18.6 Å². The minimum Gasteiger partial charge on any atom is -0.497 e. The predicted octanol–water partition coefficient (Wildman–Crippen LogP) is 3.11. The molecule has 0 saturated heterocycles. The molecule has 6 heteroatoms. The Morgan fingerprint density at radius 2 is 2.05 bits per heavy atom. The molecular weight excluding hydrogens is 283 g/mol. The van der Waals surface area contributed by atoms with Crippen molar-refractivity contribution in [3.8, 4) is 5.75 Å². The van der Waals surface area contributed by atoms with E-state index in [9.17, 15) is 13.2 Å². The van der Waals surface area contributed by atoms with Crippen LogP contribution < -0.4 is 10.1 Å². The standard InChI is InChI=1S/C15H20F3NO2/c1-20-14-4-2-3-11(9-14)12-7-13(8-12)19-5-6-21-10-15(16,17)18/h2-4,9,12-13,19H,5-8,10H2,1H3. The van der Waals surface area contributed by atoms with Gasteiger partial charge in [-0.05, 0) is 36.5 Å². The van der Waals surface area contributed by atoms with Gasteiger partial charge in [-0.25, -0.2) is 0 Å². The lowest BCUT2D eigenvalue weighted by atomic mass is 9.76. The summed E-state index contributed by atoms with van der Waals surface area (Å²) in [5.74, 6) is 1.35. The molecule has 0 atom stereocenters. The fourth-order valence-electron chi connectivity index (χ4n) is 2.48. The summed E-state index contributed by atoms with van der Waals surface area (Å²) in [7, 11) is 1.64. The second kappa shape index (κ2) is 7.13. The van der Waals surface area contributed by atoms with E-state index in [2.05, 4.69) is 16.1 Å². The van der Waals surface area contributed by atoms with E-state index in [1.165, 1.54) is 5.56 Å². The molecule has 0 aromatic heterocycles. The summed E-state index contributed by atoms with van der Waals surface area (Å²) in [6, 6.07) is 8.36. The van der Waals surface area contributed by atoms with Gasteiger partial charge < -0.3 is 14.8 Å². The molecule has 1 aromatic carbocycles. The average molecular weight is 303 g/mol. The van der Waals surface area contributed by atoms with Crippen molar-refractivity contribution in [2.45, 2.75) is 31.0 Å². The van der Waals surface area contributed by atoms with Gasteiger partial charge in [-0.3, -0.25) is 0 Å². The third kappa shape index (κ3) is 5.21. The minimum absolute atomic E-state index is 0.0832. The zero-order chi connectivity index (χ0) is 15.3. The van der Waals surface area contributed by atoms with Crippen molar-refractivity contribution in [1.82, 2.24) is 5.32 Å². The number of halogens is 3. The molecule has 118 valence electrons. The largest absolute Gasteiger partial charge is 0.497 e. The first-order valence-corrected chi connectivity index (χ1v) is 7.00. The quantitative estimate of drug-likeness (QED) is 0.785. The molecule has 1 aliphatic rings. The van der Waals surface area contributed by atoms with Gasteiger partial charge >= 0.3 is 6.18 Å². The molecule has 0 aliphatic heterocycles. The maximum Gasteiger partial charge on any atom is 0.411 e. The van der Waals surface area contributed by atoms with Crippen LogP contribution in [0.3, 0.4) is 0 Å². The molecule has 0 unspecified atom stereocenters. The van der Waals surface area contributed by atoms with E-state index in [-0.39, 0.29) is 6.61 Å². The van der Waals surface area contributed by atoms with E-state index in [1.54, 1.807) is 7.11 Å². The SMILES string of the molecule is COc1cccc(C2CC(NCCOCC(F)(F)F)C2)c1. The van der Waals surface area contributed by atoms with E-state index < -0.39 is 12.8 Å². The maximum atomic E-state index is 11.9. The van der Waals surface area contributed by atoms with E-state index in [0.29, 0.717) is 18.5 Å². The van der Waals surface area contributed by atoms with Gasteiger partial charge in [-0.1, -0.05) is 12.1 Å². The summed E-state index contributed by atoms with van der Waals surface area (Å²) >= 11 is 0. The highest BCUT2D eigenvalue weighted by atomic mass is 19.4. The highest BCUT2D eigenvalue weighted by Gasteiger charge is 2.30. The molecule has 3 nitrogen and oxygen atoms in total. The second-order valence-corrected chi connectivity index (χ2v) is 5.26. The lowest BCUT2D eigenvalue weighted by Gasteiger charge is -2.36. The lowest BCUT2D eigenvalue weighted by Crippen LogP contribution is -2.41. The van der Waals surface area contributed by atoms with Gasteiger partial charge in [0.15, 0.2) is 0 Å². The van der Waals surface area contributed by atoms with Crippen molar-refractivity contribution in [3.05, 3.63) is 29.8 Å². The van der Waals surface area contributed by atoms with Crippen LogP contribution in [-0.4, -0.2) is 39.1 Å². The van der Waals surface area contributed by atoms with E-state index >= 15 is 0 Å². The molecular formula is C15H20F3NO2. The smallest absolute Gasteiger partial charge is 0.411 e. The fourth-order valence-corrected chi connectivity index (χ4v) is 2.48. The molecule has 1 aromatic rings. The monoisotopic (exact) mass is 303 g/mol. The van der Waals surface area contributed by atoms with Gasteiger partial charge in [0.25, 0.3) is 0 Å². The Bertz CT molecular complexity index is 445. The molecule has 0 spiro atoms. The van der Waals surface area contributed by atoms with Gasteiger partial charge in [0.1, 0.15) is 12.4 Å². The second-order valence-electron chi connectivity index (χ2n) is 5.26. The lowest BCUT2D eigenvalue weighted by molar-refractivity contribution is -0.173. The number of hydrogen-bond acceptors (Lipinski definition) is 3. The first-order chi connectivity index (χ1) is 9.98. The summed E-state index contributed by atoms with van der Waals surface area (Å²) in [6.07, 6.45) is -2.26. The third-order valence-electron chi connectivity index (χ3n) is 3.65. The molecule has 0 bridgehead atoms. The van der Waals surface area contributed by atoms with Crippen LogP contribution in [0.15, 0.2) is 24.3 Å². The number of benzene rings is 1. The molecule has 0 amide bonds. The first-order valence-electron chi connectivity index (χ1n) is 7.00. The summed E-state index contributed by atoms with van der Waals surface area (Å²) in [5, 5.41) is 3.21. The van der Waals surface area contributed by atoms with Gasteiger partial charge in [0.05, 0.1) is 13.7 Å². The molecule has 1 saturated carbocycles. The Morgan fingerprint density at radius 3 is 2.71 bits per heavy atom. The van der Waals surface area contributed by atoms with Crippen LogP contribution in [0.1, 0.15) is 24.3 Å². The molecule has 1 N–H and O–H groups in total.